The molecule has 44 heavy (non-hydrogen) atoms. The van der Waals surface area contributed by atoms with E-state index in [1.165, 1.54) is 77.0 Å². The van der Waals surface area contributed by atoms with E-state index >= 15 is 0 Å². The Morgan fingerprint density at radius 2 is 0.795 bits per heavy atom. The molecule has 5 nitrogen and oxygen atoms in total. The van der Waals surface area contributed by atoms with Gasteiger partial charge in [-0.2, -0.15) is 0 Å². The van der Waals surface area contributed by atoms with Crippen molar-refractivity contribution in [3.63, 3.8) is 0 Å². The van der Waals surface area contributed by atoms with Crippen LogP contribution >= 0.6 is 0 Å². The van der Waals surface area contributed by atoms with E-state index in [4.69, 9.17) is 9.47 Å². The molecule has 0 aromatic rings. The third-order valence-electron chi connectivity index (χ3n) is 7.54. The largest absolute Gasteiger partial charge is 0.463 e. The van der Waals surface area contributed by atoms with Gasteiger partial charge in [0.25, 0.3) is 0 Å². The van der Waals surface area contributed by atoms with E-state index in [0.29, 0.717) is 12.8 Å². The van der Waals surface area contributed by atoms with Gasteiger partial charge < -0.3 is 14.6 Å². The molecule has 0 aliphatic carbocycles. The van der Waals surface area contributed by atoms with Crippen molar-refractivity contribution >= 4 is 11.9 Å². The first-order valence-electron chi connectivity index (χ1n) is 18.2. The van der Waals surface area contributed by atoms with Crippen LogP contribution in [0.5, 0.6) is 0 Å². The molecule has 0 spiro atoms. The molecule has 5 heteroatoms. The van der Waals surface area contributed by atoms with Crippen LogP contribution in [0, 0.1) is 0 Å². The fourth-order valence-corrected chi connectivity index (χ4v) is 4.73. The predicted molar refractivity (Wildman–Crippen MR) is 187 cm³/mol. The zero-order chi connectivity index (χ0) is 32.2. The molecule has 0 aliphatic rings. The fourth-order valence-electron chi connectivity index (χ4n) is 4.73. The topological polar surface area (TPSA) is 72.8 Å². The summed E-state index contributed by atoms with van der Waals surface area (Å²) in [6.45, 7) is 4.21. The lowest BCUT2D eigenvalue weighted by atomic mass is 10.1. The first kappa shape index (κ1) is 41.9. The Morgan fingerprint density at radius 1 is 0.477 bits per heavy atom. The molecule has 0 aromatic carbocycles. The van der Waals surface area contributed by atoms with Crippen LogP contribution in [0.4, 0.5) is 0 Å². The van der Waals surface area contributed by atoms with E-state index in [1.54, 1.807) is 0 Å². The number of aliphatic hydroxyl groups excluding tert-OH is 1. The Labute approximate surface area is 271 Å². The molecule has 0 atom stereocenters. The number of hydrogen-bond acceptors (Lipinski definition) is 5. The zero-order valence-corrected chi connectivity index (χ0v) is 28.7. The number of aliphatic hydroxyl groups is 1. The monoisotopic (exact) mass is 617 g/mol. The van der Waals surface area contributed by atoms with E-state index in [2.05, 4.69) is 62.5 Å². The van der Waals surface area contributed by atoms with Crippen LogP contribution in [0.1, 0.15) is 168 Å². The summed E-state index contributed by atoms with van der Waals surface area (Å²) in [5, 5.41) is 9.98. The molecule has 0 saturated heterocycles. The molecular formula is C39H68O5. The Morgan fingerprint density at radius 3 is 1.16 bits per heavy atom. The van der Waals surface area contributed by atoms with Gasteiger partial charge in [-0.3, -0.25) is 9.59 Å². The quantitative estimate of drug-likeness (QED) is 0.0462. The maximum absolute atomic E-state index is 11.9. The second-order valence-electron chi connectivity index (χ2n) is 12.0. The van der Waals surface area contributed by atoms with E-state index in [1.807, 2.05) is 0 Å². The van der Waals surface area contributed by atoms with Crippen LogP contribution in [0.3, 0.4) is 0 Å². The predicted octanol–water partition coefficient (Wildman–Crippen LogP) is 11.1. The van der Waals surface area contributed by atoms with Crippen LogP contribution in [-0.4, -0.2) is 36.4 Å². The first-order valence-corrected chi connectivity index (χ1v) is 18.2. The number of unbranched alkanes of at least 4 members (excludes halogenated alkanes) is 16. The number of allylic oxidation sites excluding steroid dienone is 8. The van der Waals surface area contributed by atoms with Crippen LogP contribution in [0.15, 0.2) is 48.6 Å². The summed E-state index contributed by atoms with van der Waals surface area (Å²) in [5.41, 5.74) is 0. The second-order valence-corrected chi connectivity index (χ2v) is 12.0. The molecule has 0 unspecified atom stereocenters. The minimum atomic E-state index is -0.975. The highest BCUT2D eigenvalue weighted by molar-refractivity contribution is 5.69. The fraction of sp³-hybridized carbons (Fsp3) is 0.744. The van der Waals surface area contributed by atoms with Crippen LogP contribution in [0.25, 0.3) is 0 Å². The molecule has 0 fully saturated rings. The molecule has 0 aromatic heterocycles. The standard InChI is InChI=1S/C39H68O5/c1-3-5-7-9-11-13-15-17-19-21-23-25-27-29-31-33-38(41)43-35-37(40)36-44-39(42)34-32-30-28-26-24-22-20-18-16-14-12-10-8-6-4-2/h11-14,17-20,37,40H,3-10,15-16,21-36H2,1-2H3/b13-11+,14-12+,19-17+,20-18+. The highest BCUT2D eigenvalue weighted by Gasteiger charge is 2.12. The van der Waals surface area contributed by atoms with Crippen LogP contribution in [0.2, 0.25) is 0 Å². The lowest BCUT2D eigenvalue weighted by Crippen LogP contribution is -2.25. The summed E-state index contributed by atoms with van der Waals surface area (Å²) in [5.74, 6) is -0.600. The Kier molecular flexibility index (Phi) is 33.6. The smallest absolute Gasteiger partial charge is 0.305 e. The van der Waals surface area contributed by atoms with Gasteiger partial charge in [0.1, 0.15) is 19.3 Å². The van der Waals surface area contributed by atoms with Gasteiger partial charge in [-0.1, -0.05) is 127 Å². The number of ether oxygens (including phenoxy) is 2. The molecule has 1 N–H and O–H groups in total. The van der Waals surface area contributed by atoms with E-state index < -0.39 is 6.10 Å². The van der Waals surface area contributed by atoms with Crippen molar-refractivity contribution in [3.8, 4) is 0 Å². The molecule has 0 radical (unpaired) electrons. The highest BCUT2D eigenvalue weighted by atomic mass is 16.6. The van der Waals surface area contributed by atoms with E-state index in [0.717, 1.165) is 64.2 Å². The van der Waals surface area contributed by atoms with Gasteiger partial charge in [-0.15, -0.1) is 0 Å². The zero-order valence-electron chi connectivity index (χ0n) is 28.7. The summed E-state index contributed by atoms with van der Waals surface area (Å²) in [4.78, 5) is 23.9. The Balaban J connectivity index is 3.51. The van der Waals surface area contributed by atoms with E-state index in [9.17, 15) is 14.7 Å². The summed E-state index contributed by atoms with van der Waals surface area (Å²) >= 11 is 0. The van der Waals surface area contributed by atoms with Crippen molar-refractivity contribution in [1.29, 1.82) is 0 Å². The van der Waals surface area contributed by atoms with Gasteiger partial charge in [-0.05, 0) is 77.0 Å². The minimum absolute atomic E-state index is 0.129. The van der Waals surface area contributed by atoms with Crippen molar-refractivity contribution in [1.82, 2.24) is 0 Å². The normalized spacial score (nSPS) is 12.1. The number of esters is 2. The summed E-state index contributed by atoms with van der Waals surface area (Å²) in [7, 11) is 0. The molecule has 0 aliphatic heterocycles. The lowest BCUT2D eigenvalue weighted by molar-refractivity contribution is -0.152. The first-order chi connectivity index (χ1) is 21.6. The maximum Gasteiger partial charge on any atom is 0.305 e. The van der Waals surface area contributed by atoms with Gasteiger partial charge in [0.05, 0.1) is 0 Å². The molecule has 0 rings (SSSR count). The average molecular weight is 617 g/mol. The van der Waals surface area contributed by atoms with Crippen LogP contribution < -0.4 is 0 Å². The molecular weight excluding hydrogens is 548 g/mol. The number of rotatable bonds is 32. The van der Waals surface area contributed by atoms with Crippen molar-refractivity contribution < 1.29 is 24.2 Å². The lowest BCUT2D eigenvalue weighted by Gasteiger charge is -2.12. The Hall–Kier alpha value is -2.14. The number of hydrogen-bond donors (Lipinski definition) is 1. The average Bonchev–Trinajstić information content (AvgIpc) is 3.02. The van der Waals surface area contributed by atoms with Gasteiger partial charge >= 0.3 is 11.9 Å². The molecule has 0 amide bonds. The number of carbonyl (C=O) groups excluding carboxylic acids is 2. The van der Waals surface area contributed by atoms with Crippen LogP contribution in [-0.2, 0) is 19.1 Å². The third kappa shape index (κ3) is 34.4. The highest BCUT2D eigenvalue weighted by Crippen LogP contribution is 2.10. The summed E-state index contributed by atoms with van der Waals surface area (Å²) in [6.07, 6.45) is 42.9. The Bertz CT molecular complexity index is 690. The van der Waals surface area contributed by atoms with Gasteiger partial charge in [0, 0.05) is 12.8 Å². The second kappa shape index (κ2) is 35.3. The van der Waals surface area contributed by atoms with Crippen molar-refractivity contribution in [3.05, 3.63) is 48.6 Å². The summed E-state index contributed by atoms with van der Waals surface area (Å²) in [6, 6.07) is 0. The SMILES string of the molecule is CCCCC/C=C/C/C=C/CCCCCCCC(=O)OCC(O)COC(=O)CCCCCCC/C=C/C/C=C/CCCCC. The minimum Gasteiger partial charge on any atom is -0.463 e. The molecule has 0 saturated carbocycles. The van der Waals surface area contributed by atoms with Crippen molar-refractivity contribution in [2.24, 2.45) is 0 Å². The molecule has 0 heterocycles. The van der Waals surface area contributed by atoms with E-state index in [-0.39, 0.29) is 25.2 Å². The third-order valence-corrected chi connectivity index (χ3v) is 7.54. The molecule has 0 bridgehead atoms. The van der Waals surface area contributed by atoms with Gasteiger partial charge in [0.15, 0.2) is 0 Å². The van der Waals surface area contributed by atoms with Crippen molar-refractivity contribution in [2.45, 2.75) is 174 Å². The van der Waals surface area contributed by atoms with Gasteiger partial charge in [0.2, 0.25) is 0 Å². The summed E-state index contributed by atoms with van der Waals surface area (Å²) < 4.78 is 10.3. The number of carbonyl (C=O) groups is 2. The van der Waals surface area contributed by atoms with Crippen molar-refractivity contribution in [2.75, 3.05) is 13.2 Å². The maximum atomic E-state index is 11.9. The molecule has 254 valence electrons. The van der Waals surface area contributed by atoms with Gasteiger partial charge in [-0.25, -0.2) is 0 Å².